The minimum Gasteiger partial charge on any atom is -0.336 e. The molecule has 1 N–H and O–H groups in total. The van der Waals surface area contributed by atoms with E-state index in [0.717, 1.165) is 51.9 Å². The summed E-state index contributed by atoms with van der Waals surface area (Å²) in [6, 6.07) is 19.7. The number of carbonyl (C=O) groups excluding carboxylic acids is 3. The summed E-state index contributed by atoms with van der Waals surface area (Å²) in [6.45, 7) is 9.64. The summed E-state index contributed by atoms with van der Waals surface area (Å²) in [5.74, 6) is 0.0248. The molecule has 242 valence electrons. The van der Waals surface area contributed by atoms with Crippen molar-refractivity contribution < 1.29 is 14.4 Å². The fraction of sp³-hybridized carbons (Fsp3) is 0.583. The van der Waals surface area contributed by atoms with Crippen molar-refractivity contribution in [2.24, 2.45) is 0 Å². The summed E-state index contributed by atoms with van der Waals surface area (Å²) in [6.07, 6.45) is 7.98. The van der Waals surface area contributed by atoms with Gasteiger partial charge in [-0.15, -0.1) is 0 Å². The average molecular weight is 615 g/mol. The van der Waals surface area contributed by atoms with Crippen LogP contribution >= 0.6 is 0 Å². The number of rotatable bonds is 7. The van der Waals surface area contributed by atoms with Gasteiger partial charge in [0.2, 0.25) is 0 Å². The Morgan fingerprint density at radius 1 is 0.778 bits per heavy atom. The summed E-state index contributed by atoms with van der Waals surface area (Å²) in [5, 5.41) is 2.93. The molecule has 3 heterocycles. The lowest BCUT2D eigenvalue weighted by Crippen LogP contribution is -2.54. The highest BCUT2D eigenvalue weighted by Gasteiger charge is 2.45. The first kappa shape index (κ1) is 31.4. The highest BCUT2D eigenvalue weighted by Crippen LogP contribution is 2.38. The van der Waals surface area contributed by atoms with Gasteiger partial charge >= 0.3 is 12.1 Å². The molecule has 0 radical (unpaired) electrons. The third-order valence-corrected chi connectivity index (χ3v) is 10.2. The van der Waals surface area contributed by atoms with Gasteiger partial charge in [-0.1, -0.05) is 61.7 Å². The van der Waals surface area contributed by atoms with Gasteiger partial charge in [0.1, 0.15) is 0 Å². The molecule has 9 heteroatoms. The van der Waals surface area contributed by atoms with Crippen molar-refractivity contribution in [1.82, 2.24) is 29.8 Å². The van der Waals surface area contributed by atoms with Crippen LogP contribution in [0, 0.1) is 0 Å². The number of hydrogen-bond acceptors (Lipinski definition) is 4. The van der Waals surface area contributed by atoms with Gasteiger partial charge in [0, 0.05) is 76.0 Å². The van der Waals surface area contributed by atoms with Crippen LogP contribution in [0.4, 0.5) is 9.59 Å². The lowest BCUT2D eigenvalue weighted by Gasteiger charge is -2.39. The number of nitrogens with one attached hydrogen (secondary N) is 1. The second kappa shape index (κ2) is 14.2. The Morgan fingerprint density at radius 3 is 2.07 bits per heavy atom. The summed E-state index contributed by atoms with van der Waals surface area (Å²) in [5.41, 5.74) is 3.14. The van der Waals surface area contributed by atoms with Crippen molar-refractivity contribution in [3.8, 4) is 0 Å². The summed E-state index contributed by atoms with van der Waals surface area (Å²) in [7, 11) is 0. The van der Waals surface area contributed by atoms with E-state index in [4.69, 9.17) is 0 Å². The Balaban J connectivity index is 1.02. The van der Waals surface area contributed by atoms with Crippen molar-refractivity contribution in [1.29, 1.82) is 0 Å². The van der Waals surface area contributed by atoms with Gasteiger partial charge in [0.25, 0.3) is 5.91 Å². The van der Waals surface area contributed by atoms with Crippen LogP contribution in [0.3, 0.4) is 0 Å². The van der Waals surface area contributed by atoms with Crippen LogP contribution in [-0.2, 0) is 6.54 Å². The number of piperidine rings is 1. The fourth-order valence-electron chi connectivity index (χ4n) is 7.68. The second-order valence-electron chi connectivity index (χ2n) is 13.6. The van der Waals surface area contributed by atoms with Gasteiger partial charge in [-0.2, -0.15) is 0 Å². The number of piperazine rings is 1. The topological polar surface area (TPSA) is 79.4 Å². The predicted molar refractivity (Wildman–Crippen MR) is 176 cm³/mol. The van der Waals surface area contributed by atoms with Crippen LogP contribution < -0.4 is 5.32 Å². The van der Waals surface area contributed by atoms with E-state index in [1.54, 1.807) is 4.90 Å². The zero-order chi connectivity index (χ0) is 31.3. The van der Waals surface area contributed by atoms with E-state index in [0.29, 0.717) is 37.8 Å². The van der Waals surface area contributed by atoms with Gasteiger partial charge in [-0.25, -0.2) is 9.59 Å². The quantitative estimate of drug-likeness (QED) is 0.457. The van der Waals surface area contributed by atoms with Crippen LogP contribution in [0.15, 0.2) is 54.6 Å². The molecule has 3 aliphatic heterocycles. The highest BCUT2D eigenvalue weighted by molar-refractivity contribution is 5.94. The van der Waals surface area contributed by atoms with Crippen molar-refractivity contribution in [3.63, 3.8) is 0 Å². The first-order valence-corrected chi connectivity index (χ1v) is 17.2. The van der Waals surface area contributed by atoms with Crippen molar-refractivity contribution >= 4 is 18.0 Å². The van der Waals surface area contributed by atoms with Crippen LogP contribution in [0.1, 0.15) is 86.3 Å². The molecule has 5 amide bonds. The Bertz CT molecular complexity index is 1300. The molecule has 0 bridgehead atoms. The lowest BCUT2D eigenvalue weighted by molar-refractivity contribution is 0.0664. The van der Waals surface area contributed by atoms with Crippen LogP contribution in [0.5, 0.6) is 0 Å². The molecule has 45 heavy (non-hydrogen) atoms. The number of carbonyl (C=O) groups is 3. The summed E-state index contributed by atoms with van der Waals surface area (Å²) in [4.78, 5) is 49.9. The summed E-state index contributed by atoms with van der Waals surface area (Å²) < 4.78 is 0. The molecule has 2 aromatic carbocycles. The third kappa shape index (κ3) is 7.29. The maximum Gasteiger partial charge on any atom is 0.321 e. The number of nitrogens with zero attached hydrogens (tertiary/aromatic N) is 5. The van der Waals surface area contributed by atoms with E-state index in [2.05, 4.69) is 62.5 Å². The Morgan fingerprint density at radius 2 is 1.42 bits per heavy atom. The zero-order valence-electron chi connectivity index (χ0n) is 27.1. The smallest absolute Gasteiger partial charge is 0.321 e. The molecule has 0 aromatic heterocycles. The van der Waals surface area contributed by atoms with Gasteiger partial charge < -0.3 is 24.9 Å². The number of amides is 5. The third-order valence-electron chi connectivity index (χ3n) is 10.2. The molecular formula is C36H50N6O3. The first-order valence-electron chi connectivity index (χ1n) is 17.2. The molecule has 0 unspecified atom stereocenters. The lowest BCUT2D eigenvalue weighted by atomic mass is 9.94. The van der Waals surface area contributed by atoms with E-state index in [1.165, 1.54) is 30.4 Å². The van der Waals surface area contributed by atoms with E-state index >= 15 is 0 Å². The standard InChI is InChI=1S/C36H50N6O3/c1-27(2)37-35(44)40-23-21-39(22-24-40)34(43)30-15-13-28(14-16-30)25-38-19-17-32(18-20-38)42-33(29-9-5-3-6-10-29)26-41(36(42)45)31-11-7-4-8-12-31/h3,5-6,9-10,13-16,27,31-33H,4,7-8,11-12,17-26H2,1-2H3,(H,37,44)/t33-/m0/s1. The zero-order valence-corrected chi connectivity index (χ0v) is 27.1. The molecule has 9 nitrogen and oxygen atoms in total. The average Bonchev–Trinajstić information content (AvgIpc) is 3.42. The molecule has 6 rings (SSSR count). The Labute approximate surface area is 268 Å². The summed E-state index contributed by atoms with van der Waals surface area (Å²) >= 11 is 0. The predicted octanol–water partition coefficient (Wildman–Crippen LogP) is 5.34. The Kier molecular flexibility index (Phi) is 9.93. The number of benzene rings is 2. The number of likely N-dealkylation sites (tertiary alicyclic amines) is 1. The monoisotopic (exact) mass is 614 g/mol. The van der Waals surface area contributed by atoms with Gasteiger partial charge in [-0.05, 0) is 62.8 Å². The molecule has 2 aromatic rings. The van der Waals surface area contributed by atoms with E-state index in [1.807, 2.05) is 30.9 Å². The maximum absolute atomic E-state index is 13.9. The number of urea groups is 2. The maximum atomic E-state index is 13.9. The molecule has 1 atom stereocenters. The molecule has 4 fully saturated rings. The van der Waals surface area contributed by atoms with E-state index in [-0.39, 0.29) is 36.1 Å². The van der Waals surface area contributed by atoms with Gasteiger partial charge in [-0.3, -0.25) is 9.69 Å². The van der Waals surface area contributed by atoms with Gasteiger partial charge in [0.15, 0.2) is 0 Å². The first-order chi connectivity index (χ1) is 21.9. The molecule has 1 aliphatic carbocycles. The molecule has 3 saturated heterocycles. The molecule has 1 saturated carbocycles. The van der Waals surface area contributed by atoms with Crippen LogP contribution in [0.25, 0.3) is 0 Å². The van der Waals surface area contributed by atoms with Crippen molar-refractivity contribution in [2.75, 3.05) is 45.8 Å². The minimum absolute atomic E-state index is 0.0248. The van der Waals surface area contributed by atoms with Crippen LogP contribution in [0.2, 0.25) is 0 Å². The molecule has 4 aliphatic rings. The molecular weight excluding hydrogens is 564 g/mol. The van der Waals surface area contributed by atoms with Crippen molar-refractivity contribution in [3.05, 3.63) is 71.3 Å². The normalized spacial score (nSPS) is 22.4. The van der Waals surface area contributed by atoms with Crippen LogP contribution in [-0.4, -0.2) is 106 Å². The second-order valence-corrected chi connectivity index (χ2v) is 13.6. The Hall–Kier alpha value is -3.59. The number of hydrogen-bond donors (Lipinski definition) is 1. The fourth-order valence-corrected chi connectivity index (χ4v) is 7.68. The highest BCUT2D eigenvalue weighted by atomic mass is 16.2. The minimum atomic E-state index is -0.0602. The van der Waals surface area contributed by atoms with Crippen molar-refractivity contribution in [2.45, 2.75) is 89.5 Å². The SMILES string of the molecule is CC(C)NC(=O)N1CCN(C(=O)c2ccc(CN3CCC(N4C(=O)N(C5CCCCC5)C[C@H]4c4ccccc4)CC3)cc2)CC1. The largest absolute Gasteiger partial charge is 0.336 e. The van der Waals surface area contributed by atoms with E-state index in [9.17, 15) is 14.4 Å². The molecule has 0 spiro atoms. The van der Waals surface area contributed by atoms with Gasteiger partial charge in [0.05, 0.1) is 6.04 Å². The van der Waals surface area contributed by atoms with E-state index < -0.39 is 0 Å².